The first-order valence-corrected chi connectivity index (χ1v) is 5.49. The number of nitrogens with one attached hydrogen (secondary N) is 1. The maximum Gasteiger partial charge on any atom is 0.155 e. The summed E-state index contributed by atoms with van der Waals surface area (Å²) in [5.41, 5.74) is 8.56. The monoisotopic (exact) mass is 216 g/mol. The number of hydrogen-bond acceptors (Lipinski definition) is 3. The van der Waals surface area contributed by atoms with Crippen molar-refractivity contribution in [2.45, 2.75) is 13.8 Å². The SMILES string of the molecule is CCN(CC)c1ccc2c(c1)C(=N)N=C2N. The van der Waals surface area contributed by atoms with E-state index in [1.807, 2.05) is 18.2 Å². The zero-order valence-electron chi connectivity index (χ0n) is 9.62. The summed E-state index contributed by atoms with van der Waals surface area (Å²) in [4.78, 5) is 6.21. The van der Waals surface area contributed by atoms with Gasteiger partial charge in [-0.1, -0.05) is 0 Å². The fourth-order valence-corrected chi connectivity index (χ4v) is 1.98. The van der Waals surface area contributed by atoms with Crippen molar-refractivity contribution in [3.63, 3.8) is 0 Å². The van der Waals surface area contributed by atoms with Crippen LogP contribution in [0.15, 0.2) is 23.2 Å². The summed E-state index contributed by atoms with van der Waals surface area (Å²) in [6.45, 7) is 6.15. The number of amidine groups is 2. The number of hydrogen-bond donors (Lipinski definition) is 2. The van der Waals surface area contributed by atoms with Crippen molar-refractivity contribution in [3.05, 3.63) is 29.3 Å². The Hall–Kier alpha value is -1.84. The third-order valence-corrected chi connectivity index (χ3v) is 2.90. The largest absolute Gasteiger partial charge is 0.383 e. The van der Waals surface area contributed by atoms with Crippen LogP contribution in [0.4, 0.5) is 5.69 Å². The first kappa shape index (κ1) is 10.7. The second kappa shape index (κ2) is 3.96. The van der Waals surface area contributed by atoms with Crippen molar-refractivity contribution >= 4 is 17.4 Å². The van der Waals surface area contributed by atoms with Crippen LogP contribution < -0.4 is 10.6 Å². The van der Waals surface area contributed by atoms with Crippen molar-refractivity contribution in [1.29, 1.82) is 5.41 Å². The third kappa shape index (κ3) is 1.56. The summed E-state index contributed by atoms with van der Waals surface area (Å²) in [7, 11) is 0. The molecule has 0 radical (unpaired) electrons. The molecule has 1 aromatic rings. The lowest BCUT2D eigenvalue weighted by molar-refractivity contribution is 0.866. The zero-order valence-corrected chi connectivity index (χ0v) is 9.62. The number of fused-ring (bicyclic) bond motifs is 1. The predicted octanol–water partition coefficient (Wildman–Crippen LogP) is 1.58. The molecule has 0 unspecified atom stereocenters. The molecule has 1 aromatic carbocycles. The summed E-state index contributed by atoms with van der Waals surface area (Å²) in [5.74, 6) is 0.715. The molecule has 0 spiro atoms. The fraction of sp³-hybridized carbons (Fsp3) is 0.333. The summed E-state index contributed by atoms with van der Waals surface area (Å²) in [6.07, 6.45) is 0. The van der Waals surface area contributed by atoms with E-state index in [2.05, 4.69) is 23.7 Å². The Kier molecular flexibility index (Phi) is 2.64. The number of rotatable bonds is 3. The molecule has 0 aliphatic carbocycles. The molecule has 0 saturated heterocycles. The lowest BCUT2D eigenvalue weighted by atomic mass is 10.1. The molecular formula is C12H16N4. The Morgan fingerprint density at radius 1 is 1.25 bits per heavy atom. The van der Waals surface area contributed by atoms with Gasteiger partial charge in [-0.15, -0.1) is 0 Å². The van der Waals surface area contributed by atoms with Crippen LogP contribution >= 0.6 is 0 Å². The zero-order chi connectivity index (χ0) is 11.7. The van der Waals surface area contributed by atoms with E-state index in [4.69, 9.17) is 11.1 Å². The van der Waals surface area contributed by atoms with Gasteiger partial charge >= 0.3 is 0 Å². The molecule has 0 atom stereocenters. The topological polar surface area (TPSA) is 65.5 Å². The minimum Gasteiger partial charge on any atom is -0.383 e. The fourth-order valence-electron chi connectivity index (χ4n) is 1.98. The highest BCUT2D eigenvalue weighted by Crippen LogP contribution is 2.23. The van der Waals surface area contributed by atoms with E-state index in [-0.39, 0.29) is 5.84 Å². The molecule has 0 bridgehead atoms. The molecule has 2 rings (SSSR count). The quantitative estimate of drug-likeness (QED) is 0.805. The van der Waals surface area contributed by atoms with E-state index in [1.54, 1.807) is 0 Å². The summed E-state index contributed by atoms with van der Waals surface area (Å²) < 4.78 is 0. The second-order valence-corrected chi connectivity index (χ2v) is 3.75. The van der Waals surface area contributed by atoms with Gasteiger partial charge in [0.1, 0.15) is 5.84 Å². The molecule has 0 saturated carbocycles. The van der Waals surface area contributed by atoms with Gasteiger partial charge in [-0.25, -0.2) is 4.99 Å². The van der Waals surface area contributed by atoms with Gasteiger partial charge in [0.2, 0.25) is 0 Å². The van der Waals surface area contributed by atoms with Crippen LogP contribution in [0.25, 0.3) is 0 Å². The van der Waals surface area contributed by atoms with Crippen molar-refractivity contribution in [2.75, 3.05) is 18.0 Å². The highest BCUT2D eigenvalue weighted by atomic mass is 15.1. The maximum absolute atomic E-state index is 7.73. The van der Waals surface area contributed by atoms with E-state index in [0.29, 0.717) is 5.84 Å². The lowest BCUT2D eigenvalue weighted by Crippen LogP contribution is -2.22. The minimum absolute atomic E-state index is 0.265. The Morgan fingerprint density at radius 3 is 2.56 bits per heavy atom. The van der Waals surface area contributed by atoms with Gasteiger partial charge in [0.05, 0.1) is 0 Å². The van der Waals surface area contributed by atoms with Crippen LogP contribution in [0.3, 0.4) is 0 Å². The van der Waals surface area contributed by atoms with Gasteiger partial charge in [-0.2, -0.15) is 0 Å². The van der Waals surface area contributed by atoms with Crippen LogP contribution in [0.2, 0.25) is 0 Å². The Balaban J connectivity index is 2.42. The molecule has 3 N–H and O–H groups in total. The van der Waals surface area contributed by atoms with Crippen molar-refractivity contribution < 1.29 is 0 Å². The first-order chi connectivity index (χ1) is 7.67. The average Bonchev–Trinajstić information content (AvgIpc) is 2.57. The maximum atomic E-state index is 7.73. The molecular weight excluding hydrogens is 200 g/mol. The number of nitrogens with zero attached hydrogens (tertiary/aromatic N) is 2. The number of benzene rings is 1. The third-order valence-electron chi connectivity index (χ3n) is 2.90. The van der Waals surface area contributed by atoms with Gasteiger partial charge in [-0.05, 0) is 32.0 Å². The Bertz CT molecular complexity index is 458. The van der Waals surface area contributed by atoms with Gasteiger partial charge < -0.3 is 10.6 Å². The Labute approximate surface area is 95.3 Å². The standard InChI is InChI=1S/C12H16N4/c1-3-16(4-2)8-5-6-9-10(7-8)12(14)15-11(9)13/h5-7H,3-4H2,1-2H3,(H3,13,14,15). The Morgan fingerprint density at radius 2 is 1.94 bits per heavy atom. The normalized spacial score (nSPS) is 13.6. The summed E-state index contributed by atoms with van der Waals surface area (Å²) in [6, 6.07) is 5.98. The number of nitrogens with two attached hydrogens (primary N) is 1. The van der Waals surface area contributed by atoms with E-state index in [1.165, 1.54) is 0 Å². The van der Waals surface area contributed by atoms with Crippen LogP contribution in [0, 0.1) is 5.41 Å². The minimum atomic E-state index is 0.265. The van der Waals surface area contributed by atoms with Gasteiger partial charge in [0, 0.05) is 29.9 Å². The molecule has 1 aliphatic heterocycles. The van der Waals surface area contributed by atoms with Gasteiger partial charge in [-0.3, -0.25) is 5.41 Å². The van der Waals surface area contributed by atoms with Crippen molar-refractivity contribution in [3.8, 4) is 0 Å². The molecule has 4 heteroatoms. The summed E-state index contributed by atoms with van der Waals surface area (Å²) in [5, 5.41) is 7.73. The van der Waals surface area contributed by atoms with E-state index >= 15 is 0 Å². The van der Waals surface area contributed by atoms with E-state index in [0.717, 1.165) is 29.9 Å². The van der Waals surface area contributed by atoms with Crippen LogP contribution in [0.5, 0.6) is 0 Å². The van der Waals surface area contributed by atoms with Crippen LogP contribution in [-0.2, 0) is 0 Å². The highest BCUT2D eigenvalue weighted by molar-refractivity contribution is 6.21. The van der Waals surface area contributed by atoms with Gasteiger partial charge in [0.25, 0.3) is 0 Å². The molecule has 1 aliphatic rings. The molecule has 84 valence electrons. The smallest absolute Gasteiger partial charge is 0.155 e. The van der Waals surface area contributed by atoms with Gasteiger partial charge in [0.15, 0.2) is 5.84 Å². The lowest BCUT2D eigenvalue weighted by Gasteiger charge is -2.21. The predicted molar refractivity (Wildman–Crippen MR) is 67.6 cm³/mol. The molecule has 4 nitrogen and oxygen atoms in total. The second-order valence-electron chi connectivity index (χ2n) is 3.75. The van der Waals surface area contributed by atoms with Crippen molar-refractivity contribution in [1.82, 2.24) is 0 Å². The van der Waals surface area contributed by atoms with E-state index in [9.17, 15) is 0 Å². The number of aliphatic imine (C=N–C) groups is 1. The van der Waals surface area contributed by atoms with Crippen molar-refractivity contribution in [2.24, 2.45) is 10.7 Å². The van der Waals surface area contributed by atoms with E-state index < -0.39 is 0 Å². The summed E-state index contributed by atoms with van der Waals surface area (Å²) >= 11 is 0. The van der Waals surface area contributed by atoms with Crippen LogP contribution in [-0.4, -0.2) is 24.8 Å². The highest BCUT2D eigenvalue weighted by Gasteiger charge is 2.19. The molecule has 0 amide bonds. The average molecular weight is 216 g/mol. The molecule has 1 heterocycles. The molecule has 16 heavy (non-hydrogen) atoms. The molecule has 0 aromatic heterocycles. The first-order valence-electron chi connectivity index (χ1n) is 5.49. The number of anilines is 1. The molecule has 0 fully saturated rings. The van der Waals surface area contributed by atoms with Crippen LogP contribution in [0.1, 0.15) is 25.0 Å².